The third kappa shape index (κ3) is 3.10. The average molecular weight is 339 g/mol. The molecular weight excluding hydrogens is 319 g/mol. The van der Waals surface area contributed by atoms with Gasteiger partial charge in [-0.2, -0.15) is 0 Å². The summed E-state index contributed by atoms with van der Waals surface area (Å²) in [5.74, 6) is 1.65. The van der Waals surface area contributed by atoms with Crippen LogP contribution in [0.5, 0.6) is 5.75 Å². The number of rotatable bonds is 3. The number of amides is 1. The second-order valence-electron chi connectivity index (χ2n) is 7.72. The van der Waals surface area contributed by atoms with E-state index in [0.29, 0.717) is 5.56 Å². The molecule has 0 atom stereocenters. The van der Waals surface area contributed by atoms with Crippen LogP contribution in [0.25, 0.3) is 0 Å². The average Bonchev–Trinajstić information content (AvgIpc) is 2.44. The zero-order valence-corrected chi connectivity index (χ0v) is 13.2. The lowest BCUT2D eigenvalue weighted by Crippen LogP contribution is -2.59. The molecule has 0 heterocycles. The Bertz CT molecular complexity index is 603. The number of hydrogen-bond donors (Lipinski definition) is 1. The molecule has 0 saturated heterocycles. The van der Waals surface area contributed by atoms with Gasteiger partial charge in [0.2, 0.25) is 0 Å². The van der Waals surface area contributed by atoms with E-state index in [-0.39, 0.29) is 17.2 Å². The maximum absolute atomic E-state index is 12.6. The highest BCUT2D eigenvalue weighted by molar-refractivity contribution is 5.94. The van der Waals surface area contributed by atoms with Crippen LogP contribution in [0.3, 0.4) is 0 Å². The minimum atomic E-state index is -4.72. The predicted octanol–water partition coefficient (Wildman–Crippen LogP) is 4.28. The third-order valence-electron chi connectivity index (χ3n) is 5.77. The van der Waals surface area contributed by atoms with E-state index >= 15 is 0 Å². The molecule has 0 spiro atoms. The van der Waals surface area contributed by atoms with Crippen LogP contribution in [0.2, 0.25) is 0 Å². The summed E-state index contributed by atoms with van der Waals surface area (Å²) < 4.78 is 40.4. The lowest BCUT2D eigenvalue weighted by Gasteiger charge is -2.56. The molecule has 4 fully saturated rings. The van der Waals surface area contributed by atoms with Crippen molar-refractivity contribution in [2.24, 2.45) is 17.8 Å². The van der Waals surface area contributed by atoms with Gasteiger partial charge in [0.25, 0.3) is 5.91 Å². The van der Waals surface area contributed by atoms with E-state index in [9.17, 15) is 18.0 Å². The van der Waals surface area contributed by atoms with Crippen LogP contribution in [-0.4, -0.2) is 17.8 Å². The van der Waals surface area contributed by atoms with Crippen molar-refractivity contribution >= 4 is 5.91 Å². The van der Waals surface area contributed by atoms with Crippen LogP contribution >= 0.6 is 0 Å². The highest BCUT2D eigenvalue weighted by Crippen LogP contribution is 2.55. The largest absolute Gasteiger partial charge is 0.573 e. The van der Waals surface area contributed by atoms with Gasteiger partial charge < -0.3 is 10.1 Å². The number of nitrogens with one attached hydrogen (secondary N) is 1. The molecule has 1 aromatic rings. The first-order valence-corrected chi connectivity index (χ1v) is 8.49. The van der Waals surface area contributed by atoms with Crippen molar-refractivity contribution < 1.29 is 22.7 Å². The first-order chi connectivity index (χ1) is 11.3. The number of hydrogen-bond acceptors (Lipinski definition) is 2. The van der Waals surface area contributed by atoms with E-state index in [2.05, 4.69) is 10.1 Å². The zero-order valence-electron chi connectivity index (χ0n) is 13.2. The van der Waals surface area contributed by atoms with Gasteiger partial charge in [-0.3, -0.25) is 4.79 Å². The first-order valence-electron chi connectivity index (χ1n) is 8.49. The second-order valence-corrected chi connectivity index (χ2v) is 7.72. The molecule has 4 aliphatic carbocycles. The molecule has 1 N–H and O–H groups in total. The summed E-state index contributed by atoms with van der Waals surface area (Å²) in [6.45, 7) is 0. The maximum Gasteiger partial charge on any atom is 0.573 e. The van der Waals surface area contributed by atoms with Crippen LogP contribution in [0.15, 0.2) is 24.3 Å². The summed E-state index contributed by atoms with van der Waals surface area (Å²) in [4.78, 5) is 12.6. The van der Waals surface area contributed by atoms with E-state index in [1.54, 1.807) is 0 Å². The van der Waals surface area contributed by atoms with Gasteiger partial charge in [-0.05, 0) is 80.5 Å². The summed E-state index contributed by atoms with van der Waals surface area (Å²) in [6.07, 6.45) is 2.28. The fourth-order valence-electron chi connectivity index (χ4n) is 5.38. The van der Waals surface area contributed by atoms with E-state index < -0.39 is 6.36 Å². The molecule has 0 aliphatic heterocycles. The van der Waals surface area contributed by atoms with Gasteiger partial charge in [-0.15, -0.1) is 13.2 Å². The van der Waals surface area contributed by atoms with Crippen LogP contribution in [0.4, 0.5) is 13.2 Å². The summed E-state index contributed by atoms with van der Waals surface area (Å²) in [6, 6.07) is 5.14. The van der Waals surface area contributed by atoms with Crippen molar-refractivity contribution in [1.82, 2.24) is 5.32 Å². The monoisotopic (exact) mass is 339 g/mol. The number of ether oxygens (including phenoxy) is 1. The van der Waals surface area contributed by atoms with Gasteiger partial charge in [0.05, 0.1) is 0 Å². The Morgan fingerprint density at radius 3 is 1.96 bits per heavy atom. The molecule has 0 aromatic heterocycles. The summed E-state index contributed by atoms with van der Waals surface area (Å²) in [7, 11) is 0. The molecule has 4 saturated carbocycles. The zero-order chi connectivity index (χ0) is 16.9. The minimum Gasteiger partial charge on any atom is -0.406 e. The van der Waals surface area contributed by atoms with Crippen molar-refractivity contribution in [2.45, 2.75) is 50.4 Å². The van der Waals surface area contributed by atoms with Gasteiger partial charge in [-0.1, -0.05) is 0 Å². The van der Waals surface area contributed by atoms with Crippen molar-refractivity contribution in [3.05, 3.63) is 29.8 Å². The molecule has 5 rings (SSSR count). The van der Waals surface area contributed by atoms with E-state index in [4.69, 9.17) is 0 Å². The Labute approximate surface area is 138 Å². The second kappa shape index (κ2) is 5.39. The number of alkyl halides is 3. The minimum absolute atomic E-state index is 0.104. The lowest BCUT2D eigenvalue weighted by molar-refractivity contribution is -0.274. The fraction of sp³-hybridized carbons (Fsp3) is 0.611. The highest BCUT2D eigenvalue weighted by atomic mass is 19.4. The molecule has 3 nitrogen and oxygen atoms in total. The Balaban J connectivity index is 1.45. The van der Waals surface area contributed by atoms with Crippen LogP contribution in [0, 0.1) is 17.8 Å². The maximum atomic E-state index is 12.6. The fourth-order valence-corrected chi connectivity index (χ4v) is 5.38. The van der Waals surface area contributed by atoms with Crippen molar-refractivity contribution in [2.75, 3.05) is 0 Å². The molecule has 0 unspecified atom stereocenters. The van der Waals surface area contributed by atoms with Crippen LogP contribution in [-0.2, 0) is 0 Å². The van der Waals surface area contributed by atoms with Crippen LogP contribution < -0.4 is 10.1 Å². The molecular formula is C18H20F3NO2. The molecule has 1 aromatic carbocycles. The van der Waals surface area contributed by atoms with Crippen molar-refractivity contribution in [1.29, 1.82) is 0 Å². The number of benzene rings is 1. The Morgan fingerprint density at radius 1 is 1.00 bits per heavy atom. The predicted molar refractivity (Wildman–Crippen MR) is 81.5 cm³/mol. The third-order valence-corrected chi connectivity index (χ3v) is 5.77. The summed E-state index contributed by atoms with van der Waals surface area (Å²) in [5.41, 5.74) is 0.271. The SMILES string of the molecule is O=C(NC12CC3CC(CC(C3)C1)C2)c1ccc(OC(F)(F)F)cc1. The number of carbonyl (C=O) groups excluding carboxylic acids is 1. The summed E-state index contributed by atoms with van der Waals surface area (Å²) >= 11 is 0. The molecule has 4 aliphatic rings. The number of halogens is 3. The molecule has 4 bridgehead atoms. The Hall–Kier alpha value is -1.72. The van der Waals surface area contributed by atoms with Gasteiger partial charge >= 0.3 is 6.36 Å². The van der Waals surface area contributed by atoms with E-state index in [1.165, 1.54) is 43.5 Å². The topological polar surface area (TPSA) is 38.3 Å². The van der Waals surface area contributed by atoms with Crippen molar-refractivity contribution in [3.63, 3.8) is 0 Å². The first kappa shape index (κ1) is 15.8. The number of carbonyl (C=O) groups is 1. The highest BCUT2D eigenvalue weighted by Gasteiger charge is 2.51. The molecule has 24 heavy (non-hydrogen) atoms. The standard InChI is InChI=1S/C18H20F3NO2/c19-18(20,21)24-15-3-1-14(2-4-15)16(23)22-17-8-11-5-12(9-17)7-13(6-11)10-17/h1-4,11-13H,5-10H2,(H,22,23). The normalized spacial score (nSPS) is 34.2. The van der Waals surface area contributed by atoms with Gasteiger partial charge in [-0.25, -0.2) is 0 Å². The van der Waals surface area contributed by atoms with Crippen LogP contribution in [0.1, 0.15) is 48.9 Å². The van der Waals surface area contributed by atoms with E-state index in [1.807, 2.05) is 0 Å². The molecule has 0 radical (unpaired) electrons. The lowest BCUT2D eigenvalue weighted by atomic mass is 9.53. The van der Waals surface area contributed by atoms with Gasteiger partial charge in [0.15, 0.2) is 0 Å². The van der Waals surface area contributed by atoms with Gasteiger partial charge in [0, 0.05) is 11.1 Å². The van der Waals surface area contributed by atoms with E-state index in [0.717, 1.165) is 37.0 Å². The van der Waals surface area contributed by atoms with Gasteiger partial charge in [0.1, 0.15) is 5.75 Å². The molecule has 6 heteroatoms. The summed E-state index contributed by atoms with van der Waals surface area (Å²) in [5, 5.41) is 3.21. The molecule has 1 amide bonds. The smallest absolute Gasteiger partial charge is 0.406 e. The van der Waals surface area contributed by atoms with Crippen molar-refractivity contribution in [3.8, 4) is 5.75 Å². The Kier molecular flexibility index (Phi) is 3.55. The quantitative estimate of drug-likeness (QED) is 0.892. The Morgan fingerprint density at radius 2 is 1.50 bits per heavy atom. The molecule has 130 valence electrons.